The molecule has 0 aromatic heterocycles. The molecule has 0 aliphatic heterocycles. The smallest absolute Gasteiger partial charge is 0.243 e. The van der Waals surface area contributed by atoms with E-state index < -0.39 is 6.04 Å². The maximum atomic E-state index is 11.2. The first kappa shape index (κ1) is 18.7. The summed E-state index contributed by atoms with van der Waals surface area (Å²) in [5.41, 5.74) is 1.95. The lowest BCUT2D eigenvalue weighted by atomic mass is 10.1. The third kappa shape index (κ3) is 4.81. The summed E-state index contributed by atoms with van der Waals surface area (Å²) in [6, 6.07) is 17.0. The molecule has 4 N–H and O–H groups in total. The number of rotatable bonds is 5. The van der Waals surface area contributed by atoms with Crippen LogP contribution in [-0.2, 0) is 4.79 Å². The zero-order valence-corrected chi connectivity index (χ0v) is 13.8. The number of hydrogen-bond donors (Lipinski definition) is 2. The van der Waals surface area contributed by atoms with Crippen LogP contribution in [0.25, 0.3) is 0 Å². The van der Waals surface area contributed by atoms with E-state index in [4.69, 9.17) is 4.74 Å². The van der Waals surface area contributed by atoms with Crippen LogP contribution in [0.15, 0.2) is 54.6 Å². The van der Waals surface area contributed by atoms with Gasteiger partial charge < -0.3 is 10.9 Å². The fourth-order valence-corrected chi connectivity index (χ4v) is 2.24. The van der Waals surface area contributed by atoms with Gasteiger partial charge in [0, 0.05) is 6.92 Å². The third-order valence-corrected chi connectivity index (χ3v) is 3.63. The summed E-state index contributed by atoms with van der Waals surface area (Å²) >= 11 is 0. The van der Waals surface area contributed by atoms with E-state index in [1.165, 1.54) is 6.92 Å². The Balaban J connectivity index is 0.00000264. The molecule has 2 aromatic rings. The second-order valence-electron chi connectivity index (χ2n) is 5.28. The van der Waals surface area contributed by atoms with E-state index in [0.717, 1.165) is 21.9 Å². The van der Waals surface area contributed by atoms with Crippen LogP contribution in [-0.4, -0.2) is 16.2 Å². The van der Waals surface area contributed by atoms with Gasteiger partial charge in [0.25, 0.3) is 0 Å². The Hall–Kier alpha value is -2.37. The predicted molar refractivity (Wildman–Crippen MR) is 89.7 cm³/mol. The monoisotopic (exact) mass is 316 g/mol. The summed E-state index contributed by atoms with van der Waals surface area (Å²) in [6.45, 7) is 5.09. The minimum absolute atomic E-state index is 0. The molecule has 0 aliphatic rings. The summed E-state index contributed by atoms with van der Waals surface area (Å²) < 4.78 is 5.90. The molecule has 2 atom stereocenters. The van der Waals surface area contributed by atoms with Crippen molar-refractivity contribution in [3.8, 4) is 5.75 Å². The first-order valence-corrected chi connectivity index (χ1v) is 7.29. The van der Waals surface area contributed by atoms with Gasteiger partial charge in [-0.25, -0.2) is 5.06 Å². The molecule has 0 fully saturated rings. The highest BCUT2D eigenvalue weighted by Gasteiger charge is 2.16. The molecule has 0 radical (unpaired) electrons. The van der Waals surface area contributed by atoms with Gasteiger partial charge in [0.2, 0.25) is 5.91 Å². The average molecular weight is 316 g/mol. The van der Waals surface area contributed by atoms with Crippen LogP contribution in [0.1, 0.15) is 44.0 Å². The molecular formula is C18H24N2O3. The lowest BCUT2D eigenvalue weighted by Crippen LogP contribution is -2.27. The van der Waals surface area contributed by atoms with Crippen molar-refractivity contribution in [1.29, 1.82) is 0 Å². The number of carbonyl (C=O) groups excluding carboxylic acids is 1. The van der Waals surface area contributed by atoms with Crippen LogP contribution in [0.2, 0.25) is 0 Å². The molecule has 5 heteroatoms. The lowest BCUT2D eigenvalue weighted by molar-refractivity contribution is -0.172. The van der Waals surface area contributed by atoms with Gasteiger partial charge in [0.05, 0.1) is 6.04 Å². The minimum Gasteiger partial charge on any atom is -0.486 e. The zero-order chi connectivity index (χ0) is 16.1. The number of ether oxygens (including phenoxy) is 1. The number of hydroxylamine groups is 2. The Kier molecular flexibility index (Phi) is 6.75. The van der Waals surface area contributed by atoms with Crippen molar-refractivity contribution < 1.29 is 14.7 Å². The fraction of sp³-hybridized carbons (Fsp3) is 0.278. The van der Waals surface area contributed by atoms with Crippen LogP contribution in [0, 0.1) is 0 Å². The highest BCUT2D eigenvalue weighted by molar-refractivity contribution is 5.72. The van der Waals surface area contributed by atoms with E-state index >= 15 is 0 Å². The molecule has 0 heterocycles. The van der Waals surface area contributed by atoms with Gasteiger partial charge in [0.1, 0.15) is 11.9 Å². The summed E-state index contributed by atoms with van der Waals surface area (Å²) in [6.07, 6.45) is -0.0453. The van der Waals surface area contributed by atoms with Crippen LogP contribution < -0.4 is 10.9 Å². The Bertz CT molecular complexity index is 614. The summed E-state index contributed by atoms with van der Waals surface area (Å²) in [5.74, 6) is 0.366. The quantitative estimate of drug-likeness (QED) is 0.636. The average Bonchev–Trinajstić information content (AvgIpc) is 2.55. The highest BCUT2D eigenvalue weighted by atomic mass is 16.5. The molecule has 0 aliphatic carbocycles. The van der Waals surface area contributed by atoms with Crippen LogP contribution in [0.4, 0.5) is 0 Å². The van der Waals surface area contributed by atoms with Gasteiger partial charge in [-0.2, -0.15) is 0 Å². The first-order valence-electron chi connectivity index (χ1n) is 7.29. The van der Waals surface area contributed by atoms with Crippen LogP contribution in [0.3, 0.4) is 0 Å². The van der Waals surface area contributed by atoms with E-state index in [1.54, 1.807) is 6.92 Å². The van der Waals surface area contributed by atoms with Gasteiger partial charge in [-0.3, -0.25) is 10.0 Å². The van der Waals surface area contributed by atoms with Crippen molar-refractivity contribution in [3.63, 3.8) is 0 Å². The number of carbonyl (C=O) groups is 1. The predicted octanol–water partition coefficient (Wildman–Crippen LogP) is 4.29. The molecule has 5 nitrogen and oxygen atoms in total. The van der Waals surface area contributed by atoms with Gasteiger partial charge in [0.15, 0.2) is 0 Å². The van der Waals surface area contributed by atoms with E-state index in [1.807, 2.05) is 61.5 Å². The topological polar surface area (TPSA) is 84.8 Å². The zero-order valence-electron chi connectivity index (χ0n) is 13.8. The molecule has 2 aromatic carbocycles. The Morgan fingerprint density at radius 2 is 1.57 bits per heavy atom. The maximum absolute atomic E-state index is 11.2. The highest BCUT2D eigenvalue weighted by Crippen LogP contribution is 2.25. The molecule has 124 valence electrons. The SMILES string of the molecule is CC(=O)N(O)C(C)c1ccc(OC(C)c2ccccc2)cc1.N. The van der Waals surface area contributed by atoms with Crippen molar-refractivity contribution >= 4 is 5.91 Å². The van der Waals surface area contributed by atoms with Crippen molar-refractivity contribution in [2.75, 3.05) is 0 Å². The van der Waals surface area contributed by atoms with Crippen molar-refractivity contribution in [2.45, 2.75) is 32.9 Å². The van der Waals surface area contributed by atoms with Gasteiger partial charge in [-0.15, -0.1) is 0 Å². The number of amides is 1. The molecule has 0 saturated heterocycles. The molecule has 2 unspecified atom stereocenters. The number of hydrogen-bond acceptors (Lipinski definition) is 4. The first-order chi connectivity index (χ1) is 10.5. The van der Waals surface area contributed by atoms with E-state index in [0.29, 0.717) is 0 Å². The number of nitrogens with zero attached hydrogens (tertiary/aromatic N) is 1. The van der Waals surface area contributed by atoms with E-state index in [9.17, 15) is 10.0 Å². The summed E-state index contributed by atoms with van der Waals surface area (Å²) in [4.78, 5) is 11.2. The Morgan fingerprint density at radius 3 is 2.09 bits per heavy atom. The summed E-state index contributed by atoms with van der Waals surface area (Å²) in [7, 11) is 0. The second-order valence-corrected chi connectivity index (χ2v) is 5.28. The standard InChI is InChI=1S/C18H21NO3.H3N/c1-13(19(21)15(3)20)16-9-11-18(12-10-16)22-14(2)17-7-5-4-6-8-17;/h4-14,21H,1-3H3;1H3. The van der Waals surface area contributed by atoms with Crippen LogP contribution >= 0.6 is 0 Å². The molecule has 2 rings (SSSR count). The van der Waals surface area contributed by atoms with Crippen molar-refractivity contribution in [2.24, 2.45) is 0 Å². The molecule has 1 amide bonds. The molecule has 0 spiro atoms. The lowest BCUT2D eigenvalue weighted by Gasteiger charge is -2.22. The van der Waals surface area contributed by atoms with E-state index in [-0.39, 0.29) is 18.2 Å². The normalized spacial score (nSPS) is 12.7. The molecule has 0 bridgehead atoms. The fourth-order valence-electron chi connectivity index (χ4n) is 2.24. The number of benzene rings is 2. The largest absolute Gasteiger partial charge is 0.486 e. The minimum atomic E-state index is -0.391. The molecular weight excluding hydrogens is 292 g/mol. The third-order valence-electron chi connectivity index (χ3n) is 3.63. The summed E-state index contributed by atoms with van der Waals surface area (Å²) in [5, 5.41) is 10.4. The van der Waals surface area contributed by atoms with Crippen molar-refractivity contribution in [3.05, 3.63) is 65.7 Å². The molecule has 23 heavy (non-hydrogen) atoms. The Labute approximate surface area is 137 Å². The van der Waals surface area contributed by atoms with Gasteiger partial charge in [-0.1, -0.05) is 42.5 Å². The van der Waals surface area contributed by atoms with Crippen molar-refractivity contribution in [1.82, 2.24) is 11.2 Å². The second kappa shape index (κ2) is 8.31. The Morgan fingerprint density at radius 1 is 1.00 bits per heavy atom. The van der Waals surface area contributed by atoms with Crippen LogP contribution in [0.5, 0.6) is 5.75 Å². The van der Waals surface area contributed by atoms with Gasteiger partial charge >= 0.3 is 0 Å². The molecule has 0 saturated carbocycles. The van der Waals surface area contributed by atoms with Gasteiger partial charge in [-0.05, 0) is 37.1 Å². The maximum Gasteiger partial charge on any atom is 0.243 e. The van der Waals surface area contributed by atoms with E-state index in [2.05, 4.69) is 0 Å².